The van der Waals surface area contributed by atoms with E-state index in [1.165, 1.54) is 11.8 Å². The Balaban J connectivity index is 2.39. The quantitative estimate of drug-likeness (QED) is 0.498. The van der Waals surface area contributed by atoms with Crippen LogP contribution < -0.4 is 5.32 Å². The van der Waals surface area contributed by atoms with Gasteiger partial charge in [0.2, 0.25) is 5.16 Å². The molecule has 0 spiro atoms. The number of nitrogens with one attached hydrogen (secondary N) is 1. The fraction of sp³-hybridized carbons (Fsp3) is 0.875. The van der Waals surface area contributed by atoms with Crippen LogP contribution in [0.5, 0.6) is 0 Å². The van der Waals surface area contributed by atoms with Crippen LogP contribution in [0.25, 0.3) is 0 Å². The second-order valence-electron chi connectivity index (χ2n) is 3.20. The molecule has 6 nitrogen and oxygen atoms in total. The lowest BCUT2D eigenvalue weighted by atomic mass is 10.5. The van der Waals surface area contributed by atoms with Gasteiger partial charge in [-0.05, 0) is 23.9 Å². The lowest BCUT2D eigenvalue weighted by Crippen LogP contribution is -2.20. The highest BCUT2D eigenvalue weighted by Crippen LogP contribution is 2.14. The first-order valence-corrected chi connectivity index (χ1v) is 6.00. The van der Waals surface area contributed by atoms with Crippen molar-refractivity contribution in [2.75, 3.05) is 18.8 Å². The molecular formula is C8H17N5OS. The van der Waals surface area contributed by atoms with Crippen LogP contribution >= 0.6 is 11.8 Å². The smallest absolute Gasteiger partial charge is 0.209 e. The first kappa shape index (κ1) is 12.4. The first-order chi connectivity index (χ1) is 7.24. The van der Waals surface area contributed by atoms with Gasteiger partial charge in [-0.2, -0.15) is 0 Å². The number of aromatic nitrogens is 4. The Kier molecular flexibility index (Phi) is 5.59. The zero-order chi connectivity index (χ0) is 11.1. The van der Waals surface area contributed by atoms with Crippen LogP contribution in [0.15, 0.2) is 5.16 Å². The van der Waals surface area contributed by atoms with Crippen LogP contribution in [-0.2, 0) is 6.54 Å². The van der Waals surface area contributed by atoms with Crippen LogP contribution in [0.4, 0.5) is 0 Å². The van der Waals surface area contributed by atoms with E-state index in [1.807, 2.05) is 0 Å². The SMILES string of the molecule is CCNCCn1nnnc1SCC(C)O. The summed E-state index contributed by atoms with van der Waals surface area (Å²) in [5.41, 5.74) is 0. The summed E-state index contributed by atoms with van der Waals surface area (Å²) >= 11 is 1.47. The predicted octanol–water partition coefficient (Wildman–Crippen LogP) is -0.245. The van der Waals surface area contributed by atoms with Crippen molar-refractivity contribution >= 4 is 11.8 Å². The maximum absolute atomic E-state index is 9.15. The van der Waals surface area contributed by atoms with Gasteiger partial charge in [0.15, 0.2) is 0 Å². The molecule has 0 fully saturated rings. The number of likely N-dealkylation sites (N-methyl/N-ethyl adjacent to an activating group) is 1. The van der Waals surface area contributed by atoms with Gasteiger partial charge in [-0.15, -0.1) is 5.10 Å². The van der Waals surface area contributed by atoms with E-state index in [9.17, 15) is 0 Å². The minimum absolute atomic E-state index is 0.339. The van der Waals surface area contributed by atoms with Gasteiger partial charge < -0.3 is 10.4 Å². The third-order valence-electron chi connectivity index (χ3n) is 1.70. The van der Waals surface area contributed by atoms with Gasteiger partial charge in [0.25, 0.3) is 0 Å². The molecule has 1 aromatic heterocycles. The van der Waals surface area contributed by atoms with E-state index < -0.39 is 0 Å². The molecule has 0 radical (unpaired) electrons. The molecule has 86 valence electrons. The Morgan fingerprint density at radius 2 is 2.40 bits per heavy atom. The van der Waals surface area contributed by atoms with Gasteiger partial charge in [-0.1, -0.05) is 18.7 Å². The maximum atomic E-state index is 9.15. The molecule has 0 aromatic carbocycles. The number of tetrazole rings is 1. The minimum atomic E-state index is -0.339. The molecule has 15 heavy (non-hydrogen) atoms. The molecule has 1 atom stereocenters. The number of aliphatic hydroxyl groups excluding tert-OH is 1. The van der Waals surface area contributed by atoms with Gasteiger partial charge in [-0.3, -0.25) is 0 Å². The van der Waals surface area contributed by atoms with E-state index in [4.69, 9.17) is 5.11 Å². The number of thioether (sulfide) groups is 1. The number of rotatable bonds is 7. The summed E-state index contributed by atoms with van der Waals surface area (Å²) in [5, 5.41) is 24.5. The van der Waals surface area contributed by atoms with E-state index in [0.717, 1.165) is 24.8 Å². The maximum Gasteiger partial charge on any atom is 0.209 e. The molecule has 0 amide bonds. The van der Waals surface area contributed by atoms with E-state index in [2.05, 4.69) is 27.8 Å². The molecule has 1 heterocycles. The Morgan fingerprint density at radius 1 is 1.60 bits per heavy atom. The Labute approximate surface area is 93.4 Å². The average Bonchev–Trinajstić information content (AvgIpc) is 2.63. The lowest BCUT2D eigenvalue weighted by molar-refractivity contribution is 0.220. The standard InChI is InChI=1S/C8H17N5OS/c1-3-9-4-5-13-8(10-11-12-13)15-6-7(2)14/h7,9,14H,3-6H2,1-2H3. The summed E-state index contributed by atoms with van der Waals surface area (Å²) in [5.74, 6) is 0.613. The first-order valence-electron chi connectivity index (χ1n) is 5.01. The van der Waals surface area contributed by atoms with E-state index >= 15 is 0 Å². The summed E-state index contributed by atoms with van der Waals surface area (Å²) in [6, 6.07) is 0. The van der Waals surface area contributed by atoms with Crippen molar-refractivity contribution in [3.8, 4) is 0 Å². The van der Waals surface area contributed by atoms with Crippen LogP contribution in [0, 0.1) is 0 Å². The second-order valence-corrected chi connectivity index (χ2v) is 4.19. The van der Waals surface area contributed by atoms with Crippen molar-refractivity contribution in [2.45, 2.75) is 31.7 Å². The second kappa shape index (κ2) is 6.76. The van der Waals surface area contributed by atoms with Crippen molar-refractivity contribution in [2.24, 2.45) is 0 Å². The molecule has 7 heteroatoms. The van der Waals surface area contributed by atoms with Crippen LogP contribution in [0.3, 0.4) is 0 Å². The van der Waals surface area contributed by atoms with Crippen molar-refractivity contribution in [3.05, 3.63) is 0 Å². The van der Waals surface area contributed by atoms with E-state index in [1.54, 1.807) is 11.6 Å². The largest absolute Gasteiger partial charge is 0.393 e. The lowest BCUT2D eigenvalue weighted by Gasteiger charge is -2.05. The highest BCUT2D eigenvalue weighted by atomic mass is 32.2. The highest BCUT2D eigenvalue weighted by molar-refractivity contribution is 7.99. The summed E-state index contributed by atoms with van der Waals surface area (Å²) in [7, 11) is 0. The summed E-state index contributed by atoms with van der Waals surface area (Å²) < 4.78 is 1.75. The molecule has 0 aliphatic rings. The molecule has 0 aliphatic heterocycles. The topological polar surface area (TPSA) is 75.9 Å². The fourth-order valence-corrected chi connectivity index (χ4v) is 1.76. The Bertz CT molecular complexity index is 278. The van der Waals surface area contributed by atoms with Gasteiger partial charge in [0.1, 0.15) is 0 Å². The molecule has 1 unspecified atom stereocenters. The molecule has 0 bridgehead atoms. The minimum Gasteiger partial charge on any atom is -0.393 e. The third kappa shape index (κ3) is 4.59. The molecule has 1 rings (SSSR count). The average molecular weight is 231 g/mol. The van der Waals surface area contributed by atoms with Gasteiger partial charge in [0, 0.05) is 12.3 Å². The molecule has 0 saturated heterocycles. The predicted molar refractivity (Wildman–Crippen MR) is 58.8 cm³/mol. The van der Waals surface area contributed by atoms with Gasteiger partial charge in [-0.25, -0.2) is 4.68 Å². The molecule has 0 aliphatic carbocycles. The Morgan fingerprint density at radius 3 is 3.07 bits per heavy atom. The van der Waals surface area contributed by atoms with Crippen molar-refractivity contribution in [1.82, 2.24) is 25.5 Å². The normalized spacial score (nSPS) is 13.0. The van der Waals surface area contributed by atoms with Crippen molar-refractivity contribution in [3.63, 3.8) is 0 Å². The van der Waals surface area contributed by atoms with Crippen molar-refractivity contribution in [1.29, 1.82) is 0 Å². The molecular weight excluding hydrogens is 214 g/mol. The van der Waals surface area contributed by atoms with Crippen LogP contribution in [0.1, 0.15) is 13.8 Å². The zero-order valence-corrected chi connectivity index (χ0v) is 9.87. The molecule has 2 N–H and O–H groups in total. The fourth-order valence-electron chi connectivity index (χ4n) is 0.997. The number of nitrogens with zero attached hydrogens (tertiary/aromatic N) is 4. The monoisotopic (exact) mass is 231 g/mol. The van der Waals surface area contributed by atoms with Crippen LogP contribution in [0.2, 0.25) is 0 Å². The van der Waals surface area contributed by atoms with Gasteiger partial charge in [0.05, 0.1) is 12.6 Å². The van der Waals surface area contributed by atoms with Crippen molar-refractivity contribution < 1.29 is 5.11 Å². The summed E-state index contributed by atoms with van der Waals surface area (Å²) in [6.07, 6.45) is -0.339. The third-order valence-corrected chi connectivity index (χ3v) is 2.90. The number of hydrogen-bond acceptors (Lipinski definition) is 6. The molecule has 0 saturated carbocycles. The van der Waals surface area contributed by atoms with Gasteiger partial charge >= 0.3 is 0 Å². The number of aliphatic hydroxyl groups is 1. The number of hydrogen-bond donors (Lipinski definition) is 2. The summed E-state index contributed by atoms with van der Waals surface area (Å²) in [6.45, 7) is 6.35. The highest BCUT2D eigenvalue weighted by Gasteiger charge is 2.07. The van der Waals surface area contributed by atoms with E-state index in [-0.39, 0.29) is 6.10 Å². The van der Waals surface area contributed by atoms with E-state index in [0.29, 0.717) is 5.75 Å². The van der Waals surface area contributed by atoms with Crippen LogP contribution in [-0.4, -0.2) is 50.3 Å². The zero-order valence-electron chi connectivity index (χ0n) is 9.05. The Hall–Kier alpha value is -0.660. The summed E-state index contributed by atoms with van der Waals surface area (Å²) in [4.78, 5) is 0. The molecule has 1 aromatic rings.